The first-order chi connectivity index (χ1) is 7.33. The number of benzene rings is 1. The van der Waals surface area contributed by atoms with Crippen LogP contribution in [0.25, 0.3) is 6.08 Å². The number of amidine groups is 1. The van der Waals surface area contributed by atoms with Gasteiger partial charge in [0.1, 0.15) is 5.84 Å². The minimum absolute atomic E-state index is 0.297. The fraction of sp³-hybridized carbons (Fsp3) is 0.182. The molecule has 15 heavy (non-hydrogen) atoms. The van der Waals surface area contributed by atoms with Crippen LogP contribution in [0.15, 0.2) is 23.3 Å². The van der Waals surface area contributed by atoms with E-state index in [1.807, 2.05) is 18.2 Å². The molecule has 76 valence electrons. The summed E-state index contributed by atoms with van der Waals surface area (Å²) in [6.07, 6.45) is 4.29. The first kappa shape index (κ1) is 8.35. The summed E-state index contributed by atoms with van der Waals surface area (Å²) in [5.74, 6) is 2.19. The molecular weight excluding hydrogens is 192 g/mol. The number of aliphatic imine (C=N–C) groups is 1. The van der Waals surface area contributed by atoms with Gasteiger partial charge in [0.2, 0.25) is 6.79 Å². The molecule has 1 aromatic carbocycles. The molecule has 0 aliphatic carbocycles. The van der Waals surface area contributed by atoms with Gasteiger partial charge in [-0.15, -0.1) is 0 Å². The van der Waals surface area contributed by atoms with E-state index < -0.39 is 0 Å². The molecule has 1 aromatic rings. The summed E-state index contributed by atoms with van der Waals surface area (Å²) in [4.78, 5) is 4.07. The Morgan fingerprint density at radius 2 is 2.00 bits per heavy atom. The highest BCUT2D eigenvalue weighted by atomic mass is 16.7. The minimum Gasteiger partial charge on any atom is -0.454 e. The van der Waals surface area contributed by atoms with Crippen molar-refractivity contribution in [1.29, 1.82) is 0 Å². The predicted molar refractivity (Wildman–Crippen MR) is 56.9 cm³/mol. The number of fused-ring (bicyclic) bond motifs is 2. The predicted octanol–water partition coefficient (Wildman–Crippen LogP) is 1.30. The number of nitrogens with two attached hydrogens (primary N) is 1. The van der Waals surface area contributed by atoms with Crippen molar-refractivity contribution in [1.82, 2.24) is 0 Å². The van der Waals surface area contributed by atoms with Crippen LogP contribution in [-0.4, -0.2) is 12.6 Å². The maximum absolute atomic E-state index is 5.72. The number of hydrogen-bond donors (Lipinski definition) is 1. The second kappa shape index (κ2) is 3.02. The lowest BCUT2D eigenvalue weighted by atomic mass is 10.0. The van der Waals surface area contributed by atoms with Gasteiger partial charge in [-0.05, 0) is 29.3 Å². The fourth-order valence-electron chi connectivity index (χ4n) is 1.76. The molecule has 0 saturated carbocycles. The van der Waals surface area contributed by atoms with E-state index >= 15 is 0 Å². The second-order valence-electron chi connectivity index (χ2n) is 3.52. The summed E-state index contributed by atoms with van der Waals surface area (Å²) in [6.45, 7) is 0.297. The highest BCUT2D eigenvalue weighted by Gasteiger charge is 2.17. The Morgan fingerprint density at radius 3 is 2.87 bits per heavy atom. The average Bonchev–Trinajstić information content (AvgIpc) is 2.57. The minimum atomic E-state index is 0.297. The van der Waals surface area contributed by atoms with Gasteiger partial charge in [0.15, 0.2) is 11.5 Å². The van der Waals surface area contributed by atoms with Crippen LogP contribution in [0.3, 0.4) is 0 Å². The first-order valence-corrected chi connectivity index (χ1v) is 4.74. The Balaban J connectivity index is 2.13. The summed E-state index contributed by atoms with van der Waals surface area (Å²) in [5.41, 5.74) is 7.93. The van der Waals surface area contributed by atoms with E-state index in [9.17, 15) is 0 Å². The lowest BCUT2D eigenvalue weighted by Crippen LogP contribution is -2.14. The van der Waals surface area contributed by atoms with Crippen molar-refractivity contribution in [2.24, 2.45) is 10.7 Å². The molecule has 0 radical (unpaired) electrons. The van der Waals surface area contributed by atoms with Gasteiger partial charge >= 0.3 is 0 Å². The van der Waals surface area contributed by atoms with Gasteiger partial charge in [-0.25, -0.2) is 4.99 Å². The van der Waals surface area contributed by atoms with Crippen LogP contribution in [0, 0.1) is 0 Å². The molecular formula is C11H10N2O2. The maximum Gasteiger partial charge on any atom is 0.231 e. The molecule has 0 unspecified atom stereocenters. The normalized spacial score (nSPS) is 16.9. The number of rotatable bonds is 0. The Bertz CT molecular complexity index is 478. The molecule has 4 nitrogen and oxygen atoms in total. The Morgan fingerprint density at radius 1 is 1.20 bits per heavy atom. The molecule has 3 rings (SSSR count). The van der Waals surface area contributed by atoms with Crippen molar-refractivity contribution in [3.05, 3.63) is 29.5 Å². The zero-order valence-corrected chi connectivity index (χ0v) is 8.06. The van der Waals surface area contributed by atoms with Gasteiger partial charge in [-0.2, -0.15) is 0 Å². The fourth-order valence-corrected chi connectivity index (χ4v) is 1.76. The Labute approximate surface area is 87.0 Å². The van der Waals surface area contributed by atoms with E-state index in [1.54, 1.807) is 6.20 Å². The quantitative estimate of drug-likeness (QED) is 0.689. The van der Waals surface area contributed by atoms with Crippen LogP contribution in [0.4, 0.5) is 0 Å². The standard InChI is InChI=1S/C11H10N2O2/c12-11-5-8-4-10-9(14-6-15-10)3-7(8)1-2-13-11/h1-4H,5-6H2,(H2,12,13). The summed E-state index contributed by atoms with van der Waals surface area (Å²) in [6, 6.07) is 3.93. The Kier molecular flexibility index (Phi) is 1.68. The third kappa shape index (κ3) is 1.34. The number of nitrogens with zero attached hydrogens (tertiary/aromatic N) is 1. The van der Waals surface area contributed by atoms with Crippen molar-refractivity contribution < 1.29 is 9.47 Å². The largest absolute Gasteiger partial charge is 0.454 e. The highest BCUT2D eigenvalue weighted by molar-refractivity contribution is 5.86. The van der Waals surface area contributed by atoms with Crippen molar-refractivity contribution in [3.8, 4) is 11.5 Å². The van der Waals surface area contributed by atoms with E-state index in [0.29, 0.717) is 19.0 Å². The van der Waals surface area contributed by atoms with Crippen molar-refractivity contribution >= 4 is 11.9 Å². The van der Waals surface area contributed by atoms with Crippen LogP contribution in [0.1, 0.15) is 11.1 Å². The number of hydrogen-bond acceptors (Lipinski definition) is 4. The van der Waals surface area contributed by atoms with E-state index in [4.69, 9.17) is 15.2 Å². The second-order valence-corrected chi connectivity index (χ2v) is 3.52. The molecule has 0 bridgehead atoms. The molecule has 0 aromatic heterocycles. The van der Waals surface area contributed by atoms with E-state index in [0.717, 1.165) is 22.6 Å². The third-order valence-corrected chi connectivity index (χ3v) is 2.50. The molecule has 0 spiro atoms. The molecule has 2 aliphatic heterocycles. The van der Waals surface area contributed by atoms with E-state index in [1.165, 1.54) is 0 Å². The molecule has 4 heteroatoms. The van der Waals surface area contributed by atoms with Crippen LogP contribution in [-0.2, 0) is 6.42 Å². The van der Waals surface area contributed by atoms with Gasteiger partial charge in [-0.1, -0.05) is 0 Å². The molecule has 0 atom stereocenters. The van der Waals surface area contributed by atoms with Crippen LogP contribution in [0.2, 0.25) is 0 Å². The lowest BCUT2D eigenvalue weighted by Gasteiger charge is -2.05. The van der Waals surface area contributed by atoms with Crippen LogP contribution >= 0.6 is 0 Å². The molecule has 0 saturated heterocycles. The van der Waals surface area contributed by atoms with Crippen LogP contribution < -0.4 is 15.2 Å². The molecule has 2 aliphatic rings. The van der Waals surface area contributed by atoms with Gasteiger partial charge in [0.25, 0.3) is 0 Å². The van der Waals surface area contributed by atoms with Crippen molar-refractivity contribution in [2.45, 2.75) is 6.42 Å². The topological polar surface area (TPSA) is 56.8 Å². The van der Waals surface area contributed by atoms with Crippen molar-refractivity contribution in [3.63, 3.8) is 0 Å². The van der Waals surface area contributed by atoms with Gasteiger partial charge in [-0.3, -0.25) is 0 Å². The van der Waals surface area contributed by atoms with Crippen LogP contribution in [0.5, 0.6) is 11.5 Å². The summed E-state index contributed by atoms with van der Waals surface area (Å²) in [7, 11) is 0. The van der Waals surface area contributed by atoms with Gasteiger partial charge < -0.3 is 15.2 Å². The summed E-state index contributed by atoms with van der Waals surface area (Å²) in [5, 5.41) is 0. The average molecular weight is 202 g/mol. The molecule has 2 N–H and O–H groups in total. The van der Waals surface area contributed by atoms with E-state index in [2.05, 4.69) is 4.99 Å². The SMILES string of the molecule is NC1=NC=Cc2cc3c(cc2C1)OCO3. The lowest BCUT2D eigenvalue weighted by molar-refractivity contribution is 0.174. The smallest absolute Gasteiger partial charge is 0.231 e. The maximum atomic E-state index is 5.72. The third-order valence-electron chi connectivity index (χ3n) is 2.50. The monoisotopic (exact) mass is 202 g/mol. The summed E-state index contributed by atoms with van der Waals surface area (Å²) < 4.78 is 10.6. The zero-order valence-electron chi connectivity index (χ0n) is 8.06. The molecule has 0 amide bonds. The number of ether oxygens (including phenoxy) is 2. The molecule has 0 fully saturated rings. The zero-order chi connectivity index (χ0) is 10.3. The Hall–Kier alpha value is -1.97. The first-order valence-electron chi connectivity index (χ1n) is 4.74. The van der Waals surface area contributed by atoms with Crippen molar-refractivity contribution in [2.75, 3.05) is 6.79 Å². The van der Waals surface area contributed by atoms with E-state index in [-0.39, 0.29) is 0 Å². The highest BCUT2D eigenvalue weighted by Crippen LogP contribution is 2.35. The van der Waals surface area contributed by atoms with Gasteiger partial charge in [0.05, 0.1) is 0 Å². The van der Waals surface area contributed by atoms with Gasteiger partial charge in [0, 0.05) is 12.6 Å². The summed E-state index contributed by atoms with van der Waals surface area (Å²) >= 11 is 0. The molecule has 2 heterocycles.